The van der Waals surface area contributed by atoms with Gasteiger partial charge >= 0.3 is 0 Å². The zero-order valence-electron chi connectivity index (χ0n) is 9.66. The molecule has 1 aromatic rings. The number of benzene rings is 1. The molecule has 0 amide bonds. The molecule has 0 N–H and O–H groups in total. The van der Waals surface area contributed by atoms with Crippen LogP contribution >= 0.6 is 0 Å². The maximum atomic E-state index is 12.2. The predicted molar refractivity (Wildman–Crippen MR) is 60.9 cm³/mol. The van der Waals surface area contributed by atoms with Crippen LogP contribution in [-0.4, -0.2) is 25.1 Å². The molecule has 1 aliphatic heterocycles. The van der Waals surface area contributed by atoms with Gasteiger partial charge in [0.2, 0.25) is 0 Å². The monoisotopic (exact) mass is 220 g/mol. The van der Waals surface area contributed by atoms with Crippen LogP contribution in [0.4, 0.5) is 0 Å². The molecule has 3 nitrogen and oxygen atoms in total. The average molecular weight is 220 g/mol. The molecule has 0 radical (unpaired) electrons. The van der Waals surface area contributed by atoms with E-state index >= 15 is 0 Å². The maximum Gasteiger partial charge on any atom is 0.194 e. The highest BCUT2D eigenvalue weighted by molar-refractivity contribution is 6.02. The standard InChI is InChI=1S/C13H16O3/c1-13(8-3-9-16-13)12(14)10-4-6-11(15-2)7-5-10/h4-7H,3,8-9H2,1-2H3. The van der Waals surface area contributed by atoms with Gasteiger partial charge in [-0.3, -0.25) is 4.79 Å². The van der Waals surface area contributed by atoms with E-state index in [4.69, 9.17) is 9.47 Å². The lowest BCUT2D eigenvalue weighted by atomic mass is 9.92. The average Bonchev–Trinajstić information content (AvgIpc) is 2.77. The molecule has 0 aliphatic carbocycles. The molecule has 0 bridgehead atoms. The largest absolute Gasteiger partial charge is 0.497 e. The van der Waals surface area contributed by atoms with Gasteiger partial charge in [-0.15, -0.1) is 0 Å². The summed E-state index contributed by atoms with van der Waals surface area (Å²) in [6, 6.07) is 7.17. The van der Waals surface area contributed by atoms with E-state index in [1.165, 1.54) is 0 Å². The number of Topliss-reactive ketones (excluding diaryl/α,β-unsaturated/α-hetero) is 1. The number of methoxy groups -OCH3 is 1. The first-order valence-corrected chi connectivity index (χ1v) is 5.48. The molecular formula is C13H16O3. The Kier molecular flexibility index (Phi) is 2.97. The fourth-order valence-electron chi connectivity index (χ4n) is 2.01. The third kappa shape index (κ3) is 1.95. The van der Waals surface area contributed by atoms with Gasteiger partial charge < -0.3 is 9.47 Å². The second-order valence-corrected chi connectivity index (χ2v) is 4.24. The van der Waals surface area contributed by atoms with E-state index in [1.807, 2.05) is 6.92 Å². The third-order valence-corrected chi connectivity index (χ3v) is 3.05. The highest BCUT2D eigenvalue weighted by Gasteiger charge is 2.37. The molecule has 2 rings (SSSR count). The Balaban J connectivity index is 2.20. The number of carbonyl (C=O) groups excluding carboxylic acids is 1. The molecule has 16 heavy (non-hydrogen) atoms. The molecule has 1 heterocycles. The molecule has 1 aliphatic rings. The Morgan fingerprint density at radius 1 is 1.38 bits per heavy atom. The van der Waals surface area contributed by atoms with Gasteiger partial charge in [0.1, 0.15) is 11.4 Å². The first-order valence-electron chi connectivity index (χ1n) is 5.48. The van der Waals surface area contributed by atoms with E-state index in [-0.39, 0.29) is 5.78 Å². The van der Waals surface area contributed by atoms with Crippen LogP contribution in [0, 0.1) is 0 Å². The highest BCUT2D eigenvalue weighted by Crippen LogP contribution is 2.29. The fraction of sp³-hybridized carbons (Fsp3) is 0.462. The Hall–Kier alpha value is -1.35. The molecule has 1 saturated heterocycles. The molecule has 86 valence electrons. The molecule has 0 spiro atoms. The van der Waals surface area contributed by atoms with Gasteiger partial charge in [0.05, 0.1) is 7.11 Å². The molecule has 1 unspecified atom stereocenters. The Morgan fingerprint density at radius 3 is 2.56 bits per heavy atom. The zero-order valence-corrected chi connectivity index (χ0v) is 9.66. The molecule has 0 saturated carbocycles. The van der Waals surface area contributed by atoms with Crippen molar-refractivity contribution in [2.45, 2.75) is 25.4 Å². The Labute approximate surface area is 95.4 Å². The number of rotatable bonds is 3. The van der Waals surface area contributed by atoms with E-state index in [9.17, 15) is 4.79 Å². The van der Waals surface area contributed by atoms with Gasteiger partial charge in [0.15, 0.2) is 5.78 Å². The quantitative estimate of drug-likeness (QED) is 0.734. The summed E-state index contributed by atoms with van der Waals surface area (Å²) >= 11 is 0. The zero-order chi connectivity index (χ0) is 11.6. The SMILES string of the molecule is COc1ccc(C(=O)C2(C)CCCO2)cc1. The van der Waals surface area contributed by atoms with Gasteiger partial charge in [-0.25, -0.2) is 0 Å². The predicted octanol–water partition coefficient (Wildman–Crippen LogP) is 2.45. The van der Waals surface area contributed by atoms with Crippen molar-refractivity contribution >= 4 is 5.78 Å². The fourth-order valence-corrected chi connectivity index (χ4v) is 2.01. The second-order valence-electron chi connectivity index (χ2n) is 4.24. The molecule has 1 fully saturated rings. The van der Waals surface area contributed by atoms with Crippen LogP contribution in [0.25, 0.3) is 0 Å². The van der Waals surface area contributed by atoms with Crippen molar-refractivity contribution in [1.82, 2.24) is 0 Å². The van der Waals surface area contributed by atoms with E-state index in [0.717, 1.165) is 18.6 Å². The lowest BCUT2D eigenvalue weighted by Gasteiger charge is -2.21. The minimum atomic E-state index is -0.630. The summed E-state index contributed by atoms with van der Waals surface area (Å²) in [5.74, 6) is 0.821. The number of ketones is 1. The minimum Gasteiger partial charge on any atom is -0.497 e. The van der Waals surface area contributed by atoms with Crippen LogP contribution in [0.15, 0.2) is 24.3 Å². The topological polar surface area (TPSA) is 35.5 Å². The summed E-state index contributed by atoms with van der Waals surface area (Å²) in [5, 5.41) is 0. The first-order chi connectivity index (χ1) is 7.65. The summed E-state index contributed by atoms with van der Waals surface area (Å²) < 4.78 is 10.6. The van der Waals surface area contributed by atoms with Gasteiger partial charge in [0.25, 0.3) is 0 Å². The maximum absolute atomic E-state index is 12.2. The normalized spacial score (nSPS) is 24.4. The van der Waals surface area contributed by atoms with Crippen LogP contribution in [0.1, 0.15) is 30.1 Å². The first kappa shape index (κ1) is 11.1. The highest BCUT2D eigenvalue weighted by atomic mass is 16.5. The summed E-state index contributed by atoms with van der Waals surface area (Å²) in [7, 11) is 1.61. The van der Waals surface area contributed by atoms with E-state index in [1.54, 1.807) is 31.4 Å². The Morgan fingerprint density at radius 2 is 2.06 bits per heavy atom. The molecule has 0 aromatic heterocycles. The van der Waals surface area contributed by atoms with Gasteiger partial charge in [-0.2, -0.15) is 0 Å². The van der Waals surface area contributed by atoms with Crippen LogP contribution < -0.4 is 4.74 Å². The molecule has 1 aromatic carbocycles. The van der Waals surface area contributed by atoms with E-state index < -0.39 is 5.60 Å². The lowest BCUT2D eigenvalue weighted by Crippen LogP contribution is -2.34. The van der Waals surface area contributed by atoms with Crippen LogP contribution in [0.3, 0.4) is 0 Å². The van der Waals surface area contributed by atoms with E-state index in [2.05, 4.69) is 0 Å². The van der Waals surface area contributed by atoms with Crippen molar-refractivity contribution < 1.29 is 14.3 Å². The van der Waals surface area contributed by atoms with Gasteiger partial charge in [-0.1, -0.05) is 0 Å². The van der Waals surface area contributed by atoms with Crippen molar-refractivity contribution in [1.29, 1.82) is 0 Å². The van der Waals surface area contributed by atoms with Crippen LogP contribution in [0.5, 0.6) is 5.75 Å². The molecule has 3 heteroatoms. The summed E-state index contributed by atoms with van der Waals surface area (Å²) in [5.41, 5.74) is 0.0550. The molecule has 1 atom stereocenters. The summed E-state index contributed by atoms with van der Waals surface area (Å²) in [6.07, 6.45) is 1.76. The summed E-state index contributed by atoms with van der Waals surface area (Å²) in [6.45, 7) is 2.55. The number of hydrogen-bond donors (Lipinski definition) is 0. The van der Waals surface area contributed by atoms with Crippen LogP contribution in [-0.2, 0) is 4.74 Å². The van der Waals surface area contributed by atoms with Crippen molar-refractivity contribution in [2.24, 2.45) is 0 Å². The van der Waals surface area contributed by atoms with Gasteiger partial charge in [0, 0.05) is 12.2 Å². The number of carbonyl (C=O) groups is 1. The summed E-state index contributed by atoms with van der Waals surface area (Å²) in [4.78, 5) is 12.2. The number of hydrogen-bond acceptors (Lipinski definition) is 3. The van der Waals surface area contributed by atoms with Crippen molar-refractivity contribution in [3.8, 4) is 5.75 Å². The van der Waals surface area contributed by atoms with Crippen LogP contribution in [0.2, 0.25) is 0 Å². The lowest BCUT2D eigenvalue weighted by molar-refractivity contribution is 0.0213. The van der Waals surface area contributed by atoms with Crippen molar-refractivity contribution in [2.75, 3.05) is 13.7 Å². The van der Waals surface area contributed by atoms with Gasteiger partial charge in [-0.05, 0) is 44.0 Å². The smallest absolute Gasteiger partial charge is 0.194 e. The van der Waals surface area contributed by atoms with Crippen molar-refractivity contribution in [3.63, 3.8) is 0 Å². The Bertz CT molecular complexity index is 375. The van der Waals surface area contributed by atoms with E-state index in [0.29, 0.717) is 12.2 Å². The molecular weight excluding hydrogens is 204 g/mol. The van der Waals surface area contributed by atoms with Crippen molar-refractivity contribution in [3.05, 3.63) is 29.8 Å². The second kappa shape index (κ2) is 4.26. The minimum absolute atomic E-state index is 0.0626. The third-order valence-electron chi connectivity index (χ3n) is 3.05. The number of ether oxygens (including phenoxy) is 2.